The molecule has 0 saturated heterocycles. The van der Waals surface area contributed by atoms with Crippen LogP contribution in [0.2, 0.25) is 0 Å². The number of fused-ring (bicyclic) bond motifs is 3. The second kappa shape index (κ2) is 6.04. The molecular formula is C20H21N3O. The minimum absolute atomic E-state index is 0.227. The van der Waals surface area contributed by atoms with Crippen LogP contribution in [0.25, 0.3) is 10.9 Å². The van der Waals surface area contributed by atoms with E-state index in [4.69, 9.17) is 5.73 Å². The minimum atomic E-state index is 0.227. The molecule has 3 N–H and O–H groups in total. The molecule has 2 aromatic carbocycles. The summed E-state index contributed by atoms with van der Waals surface area (Å²) < 4.78 is 1.94. The van der Waals surface area contributed by atoms with Gasteiger partial charge in [0.15, 0.2) is 0 Å². The van der Waals surface area contributed by atoms with Crippen molar-refractivity contribution in [3.63, 3.8) is 0 Å². The summed E-state index contributed by atoms with van der Waals surface area (Å²) in [5.41, 5.74) is 11.1. The van der Waals surface area contributed by atoms with Gasteiger partial charge in [0, 0.05) is 35.4 Å². The van der Waals surface area contributed by atoms with Gasteiger partial charge >= 0.3 is 0 Å². The van der Waals surface area contributed by atoms with E-state index in [0.29, 0.717) is 6.42 Å². The topological polar surface area (TPSA) is 60.0 Å². The first-order chi connectivity index (χ1) is 11.7. The van der Waals surface area contributed by atoms with Gasteiger partial charge in [-0.15, -0.1) is 0 Å². The standard InChI is InChI=1S/C20H21N3O/c21-14-8-10-15(11-9-14)22-13-12-17-16-4-1-2-5-18(16)23-19(17)6-3-7-20(23)24/h1-2,4-5,8-11,22H,3,6-7,12-13,21H2. The molecule has 0 bridgehead atoms. The van der Waals surface area contributed by atoms with E-state index in [1.165, 1.54) is 16.6 Å². The zero-order valence-corrected chi connectivity index (χ0v) is 13.6. The highest BCUT2D eigenvalue weighted by Crippen LogP contribution is 2.31. The number of anilines is 2. The number of nitrogen functional groups attached to an aromatic ring is 1. The van der Waals surface area contributed by atoms with Crippen molar-refractivity contribution < 1.29 is 4.79 Å². The van der Waals surface area contributed by atoms with Gasteiger partial charge in [0.2, 0.25) is 5.91 Å². The Kier molecular flexibility index (Phi) is 3.73. The highest BCUT2D eigenvalue weighted by atomic mass is 16.2. The highest BCUT2D eigenvalue weighted by molar-refractivity contribution is 5.96. The maximum atomic E-state index is 12.4. The zero-order chi connectivity index (χ0) is 16.5. The van der Waals surface area contributed by atoms with E-state index in [2.05, 4.69) is 23.5 Å². The molecule has 24 heavy (non-hydrogen) atoms. The Bertz CT molecular complexity index is 893. The predicted octanol–water partition coefficient (Wildman–Crippen LogP) is 3.85. The number of carbonyl (C=O) groups excluding carboxylic acids is 1. The van der Waals surface area contributed by atoms with Crippen LogP contribution in [0.1, 0.15) is 28.9 Å². The van der Waals surface area contributed by atoms with Gasteiger partial charge in [0.1, 0.15) is 0 Å². The number of para-hydroxylation sites is 1. The molecule has 1 aromatic heterocycles. The Labute approximate surface area is 141 Å². The zero-order valence-electron chi connectivity index (χ0n) is 13.6. The lowest BCUT2D eigenvalue weighted by atomic mass is 10.0. The minimum Gasteiger partial charge on any atom is -0.399 e. The molecule has 4 rings (SSSR count). The lowest BCUT2D eigenvalue weighted by Crippen LogP contribution is -2.19. The van der Waals surface area contributed by atoms with E-state index in [9.17, 15) is 4.79 Å². The molecule has 0 radical (unpaired) electrons. The lowest BCUT2D eigenvalue weighted by molar-refractivity contribution is 0.0889. The summed E-state index contributed by atoms with van der Waals surface area (Å²) in [6, 6.07) is 16.0. The van der Waals surface area contributed by atoms with E-state index in [-0.39, 0.29) is 5.91 Å². The molecule has 1 aliphatic heterocycles. The largest absolute Gasteiger partial charge is 0.399 e. The normalized spacial score (nSPS) is 13.9. The van der Waals surface area contributed by atoms with Crippen LogP contribution in [0.3, 0.4) is 0 Å². The van der Waals surface area contributed by atoms with Crippen LogP contribution in [0.4, 0.5) is 11.4 Å². The number of nitrogens with one attached hydrogen (secondary N) is 1. The SMILES string of the molecule is Nc1ccc(NCCc2c3n(c4ccccc24)C(=O)CCC3)cc1. The average molecular weight is 319 g/mol. The van der Waals surface area contributed by atoms with E-state index in [1.807, 2.05) is 34.9 Å². The monoisotopic (exact) mass is 319 g/mol. The maximum Gasteiger partial charge on any atom is 0.231 e. The number of benzene rings is 2. The second-order valence-electron chi connectivity index (χ2n) is 6.32. The quantitative estimate of drug-likeness (QED) is 0.718. The Hall–Kier alpha value is -2.75. The molecule has 0 saturated carbocycles. The van der Waals surface area contributed by atoms with Crippen molar-refractivity contribution in [2.24, 2.45) is 0 Å². The van der Waals surface area contributed by atoms with Crippen LogP contribution in [-0.4, -0.2) is 17.0 Å². The molecule has 0 unspecified atom stereocenters. The summed E-state index contributed by atoms with van der Waals surface area (Å²) in [6.07, 6.45) is 3.49. The van der Waals surface area contributed by atoms with E-state index in [1.54, 1.807) is 0 Å². The number of hydrogen-bond acceptors (Lipinski definition) is 3. The second-order valence-corrected chi connectivity index (χ2v) is 6.32. The van der Waals surface area contributed by atoms with Gasteiger partial charge in [0.05, 0.1) is 5.52 Å². The van der Waals surface area contributed by atoms with Gasteiger partial charge in [-0.3, -0.25) is 9.36 Å². The number of nitrogens with zero attached hydrogens (tertiary/aromatic N) is 1. The summed E-state index contributed by atoms with van der Waals surface area (Å²) in [6.45, 7) is 0.832. The van der Waals surface area contributed by atoms with Gasteiger partial charge in [-0.2, -0.15) is 0 Å². The fourth-order valence-corrected chi connectivity index (χ4v) is 3.64. The Morgan fingerprint density at radius 1 is 1.04 bits per heavy atom. The molecule has 122 valence electrons. The van der Waals surface area contributed by atoms with E-state index < -0.39 is 0 Å². The Morgan fingerprint density at radius 3 is 2.67 bits per heavy atom. The molecule has 2 heterocycles. The molecule has 0 spiro atoms. The third-order valence-electron chi connectivity index (χ3n) is 4.76. The molecule has 4 nitrogen and oxygen atoms in total. The van der Waals surface area contributed by atoms with Crippen LogP contribution in [-0.2, 0) is 12.8 Å². The van der Waals surface area contributed by atoms with Crippen molar-refractivity contribution >= 4 is 28.2 Å². The first-order valence-corrected chi connectivity index (χ1v) is 8.48. The van der Waals surface area contributed by atoms with Crippen LogP contribution in [0, 0.1) is 0 Å². The summed E-state index contributed by atoms with van der Waals surface area (Å²) in [7, 11) is 0. The summed E-state index contributed by atoms with van der Waals surface area (Å²) in [4.78, 5) is 12.4. The number of aromatic nitrogens is 1. The van der Waals surface area contributed by atoms with Crippen molar-refractivity contribution in [2.75, 3.05) is 17.6 Å². The van der Waals surface area contributed by atoms with Crippen molar-refractivity contribution in [2.45, 2.75) is 25.7 Å². The first-order valence-electron chi connectivity index (χ1n) is 8.48. The Balaban J connectivity index is 1.62. The maximum absolute atomic E-state index is 12.4. The van der Waals surface area contributed by atoms with Gasteiger partial charge in [0.25, 0.3) is 0 Å². The molecule has 0 atom stereocenters. The molecule has 1 aliphatic rings. The van der Waals surface area contributed by atoms with Crippen LogP contribution < -0.4 is 11.1 Å². The van der Waals surface area contributed by atoms with Crippen LogP contribution >= 0.6 is 0 Å². The van der Waals surface area contributed by atoms with Gasteiger partial charge < -0.3 is 11.1 Å². The average Bonchev–Trinajstić information content (AvgIpc) is 2.92. The van der Waals surface area contributed by atoms with Crippen molar-refractivity contribution in [3.05, 3.63) is 59.8 Å². The van der Waals surface area contributed by atoms with Crippen molar-refractivity contribution in [1.82, 2.24) is 4.57 Å². The smallest absolute Gasteiger partial charge is 0.231 e. The number of hydrogen-bond donors (Lipinski definition) is 2. The molecular weight excluding hydrogens is 298 g/mol. The van der Waals surface area contributed by atoms with Gasteiger partial charge in [-0.1, -0.05) is 18.2 Å². The predicted molar refractivity (Wildman–Crippen MR) is 98.6 cm³/mol. The fourth-order valence-electron chi connectivity index (χ4n) is 3.64. The van der Waals surface area contributed by atoms with Crippen LogP contribution in [0.5, 0.6) is 0 Å². The molecule has 4 heteroatoms. The fraction of sp³-hybridized carbons (Fsp3) is 0.250. The van der Waals surface area contributed by atoms with Crippen LogP contribution in [0.15, 0.2) is 48.5 Å². The summed E-state index contributed by atoms with van der Waals surface area (Å²) >= 11 is 0. The summed E-state index contributed by atoms with van der Waals surface area (Å²) in [5.74, 6) is 0.227. The molecule has 0 aliphatic carbocycles. The molecule has 0 fully saturated rings. The molecule has 3 aromatic rings. The third-order valence-corrected chi connectivity index (χ3v) is 4.76. The number of rotatable bonds is 4. The number of carbonyl (C=O) groups is 1. The molecule has 0 amide bonds. The number of nitrogens with two attached hydrogens (primary N) is 1. The first kappa shape index (κ1) is 14.8. The lowest BCUT2D eigenvalue weighted by Gasteiger charge is -2.16. The van der Waals surface area contributed by atoms with E-state index >= 15 is 0 Å². The van der Waals surface area contributed by atoms with E-state index in [0.717, 1.165) is 42.7 Å². The van der Waals surface area contributed by atoms with Crippen molar-refractivity contribution in [3.8, 4) is 0 Å². The van der Waals surface area contributed by atoms with Crippen molar-refractivity contribution in [1.29, 1.82) is 0 Å². The van der Waals surface area contributed by atoms with Gasteiger partial charge in [-0.05, 0) is 55.2 Å². The van der Waals surface area contributed by atoms with Gasteiger partial charge in [-0.25, -0.2) is 0 Å². The highest BCUT2D eigenvalue weighted by Gasteiger charge is 2.23. The third kappa shape index (κ3) is 2.54. The summed E-state index contributed by atoms with van der Waals surface area (Å²) in [5, 5.41) is 4.65. The Morgan fingerprint density at radius 2 is 1.83 bits per heavy atom.